The Morgan fingerprint density at radius 2 is 1.68 bits per heavy atom. The lowest BCUT2D eigenvalue weighted by Gasteiger charge is -2.67. The third-order valence-corrected chi connectivity index (χ3v) is 11.2. The van der Waals surface area contributed by atoms with Crippen molar-refractivity contribution in [1.82, 2.24) is 0 Å². The predicted molar refractivity (Wildman–Crippen MR) is 142 cm³/mol. The van der Waals surface area contributed by atoms with E-state index < -0.39 is 60.0 Å². The summed E-state index contributed by atoms with van der Waals surface area (Å²) in [6.07, 6.45) is 1.82. The number of carbonyl (C=O) groups is 1. The Labute approximate surface area is 226 Å². The average Bonchev–Trinajstić information content (AvgIpc) is 3.17. The van der Waals surface area contributed by atoms with Crippen molar-refractivity contribution in [3.63, 3.8) is 0 Å². The molecule has 6 N–H and O–H groups in total. The van der Waals surface area contributed by atoms with Gasteiger partial charge in [0, 0.05) is 13.3 Å². The van der Waals surface area contributed by atoms with E-state index in [0.29, 0.717) is 23.8 Å². The molecule has 0 aliphatic heterocycles. The minimum Gasteiger partial charge on any atom is -0.459 e. The van der Waals surface area contributed by atoms with E-state index >= 15 is 0 Å². The van der Waals surface area contributed by atoms with Crippen molar-refractivity contribution < 1.29 is 40.2 Å². The normalized spacial score (nSPS) is 48.2. The number of allylic oxidation sites excluding steroid dienone is 2. The molecule has 3 saturated carbocycles. The maximum Gasteiger partial charge on any atom is 0.303 e. The van der Waals surface area contributed by atoms with Crippen molar-refractivity contribution in [3.05, 3.63) is 23.8 Å². The molecule has 1 unspecified atom stereocenters. The number of esters is 1. The van der Waals surface area contributed by atoms with Crippen LogP contribution in [0.25, 0.3) is 0 Å². The minimum atomic E-state index is -2.13. The van der Waals surface area contributed by atoms with Gasteiger partial charge in [-0.15, -0.1) is 0 Å². The van der Waals surface area contributed by atoms with Crippen LogP contribution in [0.5, 0.6) is 0 Å². The fraction of sp³-hybridized carbons (Fsp3) is 0.833. The highest BCUT2D eigenvalue weighted by Crippen LogP contribution is 2.69. The van der Waals surface area contributed by atoms with Crippen LogP contribution in [-0.2, 0) is 9.53 Å². The third-order valence-electron chi connectivity index (χ3n) is 11.2. The Balaban J connectivity index is 1.84. The summed E-state index contributed by atoms with van der Waals surface area (Å²) in [6.45, 7) is 11.4. The minimum absolute atomic E-state index is 0.186. The summed E-state index contributed by atoms with van der Waals surface area (Å²) in [5.41, 5.74) is -5.94. The van der Waals surface area contributed by atoms with Gasteiger partial charge in [-0.1, -0.05) is 52.8 Å². The van der Waals surface area contributed by atoms with Crippen molar-refractivity contribution in [2.45, 2.75) is 109 Å². The van der Waals surface area contributed by atoms with Gasteiger partial charge >= 0.3 is 5.97 Å². The first-order chi connectivity index (χ1) is 17.6. The summed E-state index contributed by atoms with van der Waals surface area (Å²) in [4.78, 5) is 12.4. The molecule has 0 radical (unpaired) electrons. The maximum absolute atomic E-state index is 12.7. The molecular weight excluding hydrogens is 488 g/mol. The summed E-state index contributed by atoms with van der Waals surface area (Å²) in [5, 5.41) is 67.7. The van der Waals surface area contributed by atoms with Crippen LogP contribution in [0.1, 0.15) is 73.6 Å². The fourth-order valence-corrected chi connectivity index (χ4v) is 8.63. The van der Waals surface area contributed by atoms with E-state index in [9.17, 15) is 35.4 Å². The van der Waals surface area contributed by atoms with Crippen molar-refractivity contribution in [2.24, 2.45) is 40.4 Å². The van der Waals surface area contributed by atoms with Crippen molar-refractivity contribution >= 4 is 5.97 Å². The van der Waals surface area contributed by atoms with Crippen LogP contribution in [0.3, 0.4) is 0 Å². The van der Waals surface area contributed by atoms with Crippen LogP contribution in [0.15, 0.2) is 23.8 Å². The molecule has 0 aromatic rings. The van der Waals surface area contributed by atoms with Crippen molar-refractivity contribution in [2.75, 3.05) is 6.61 Å². The number of rotatable bonds is 6. The molecule has 0 heterocycles. The molecule has 0 amide bonds. The molecule has 0 bridgehead atoms. The molecule has 3 fully saturated rings. The van der Waals surface area contributed by atoms with Crippen molar-refractivity contribution in [3.8, 4) is 0 Å². The van der Waals surface area contributed by atoms with Gasteiger partial charge in [-0.25, -0.2) is 0 Å². The van der Waals surface area contributed by atoms with E-state index in [1.807, 2.05) is 0 Å². The second kappa shape index (κ2) is 9.96. The molecule has 12 atom stereocenters. The summed E-state index contributed by atoms with van der Waals surface area (Å²) in [6, 6.07) is 0. The molecular formula is C30H48O8. The zero-order valence-corrected chi connectivity index (χ0v) is 23.7. The second-order valence-electron chi connectivity index (χ2n) is 13.4. The van der Waals surface area contributed by atoms with Crippen LogP contribution in [0, 0.1) is 40.4 Å². The van der Waals surface area contributed by atoms with E-state index in [1.165, 1.54) is 13.0 Å². The van der Waals surface area contributed by atoms with Gasteiger partial charge in [-0.3, -0.25) is 4.79 Å². The Kier molecular flexibility index (Phi) is 7.78. The highest BCUT2D eigenvalue weighted by molar-refractivity contribution is 5.66. The molecule has 38 heavy (non-hydrogen) atoms. The number of fused-ring (bicyclic) bond motifs is 5. The van der Waals surface area contributed by atoms with Crippen LogP contribution in [-0.4, -0.2) is 78.8 Å². The highest BCUT2D eigenvalue weighted by Gasteiger charge is 2.77. The van der Waals surface area contributed by atoms with Crippen LogP contribution in [0.2, 0.25) is 0 Å². The standard InChI is InChI=1S/C30H48O8/c1-16(2)17(3)7-8-18(4)20-9-10-21-22-11-25(35)29(36)13-24(34)23(33)12-28(29,15-31)30(22,37)26(38-19(5)32)14-27(20,21)6/h7-8,11,16-18,20-21,23-26,31,33-37H,9-10,12-15H2,1-6H3/b8-7-/t17?,18-,20-,21+,23-,24-,25-,26-,27-,28-,29+,30+/m1/s1. The second-order valence-corrected chi connectivity index (χ2v) is 13.4. The number of ether oxygens (including phenoxy) is 1. The van der Waals surface area contributed by atoms with Gasteiger partial charge in [-0.2, -0.15) is 0 Å². The Bertz CT molecular complexity index is 977. The van der Waals surface area contributed by atoms with E-state index in [2.05, 4.69) is 46.8 Å². The van der Waals surface area contributed by atoms with Gasteiger partial charge in [0.1, 0.15) is 23.4 Å². The first-order valence-electron chi connectivity index (χ1n) is 14.3. The summed E-state index contributed by atoms with van der Waals surface area (Å²) >= 11 is 0. The van der Waals surface area contributed by atoms with E-state index in [-0.39, 0.29) is 29.6 Å². The lowest BCUT2D eigenvalue weighted by Crippen LogP contribution is -2.80. The Morgan fingerprint density at radius 1 is 1.05 bits per heavy atom. The summed E-state index contributed by atoms with van der Waals surface area (Å²) in [7, 11) is 0. The van der Waals surface area contributed by atoms with Gasteiger partial charge < -0.3 is 35.4 Å². The van der Waals surface area contributed by atoms with Crippen LogP contribution < -0.4 is 0 Å². The molecule has 0 spiro atoms. The molecule has 4 rings (SSSR count). The van der Waals surface area contributed by atoms with Gasteiger partial charge in [-0.05, 0) is 66.3 Å². The monoisotopic (exact) mass is 536 g/mol. The van der Waals surface area contributed by atoms with Gasteiger partial charge in [0.05, 0.1) is 24.2 Å². The smallest absolute Gasteiger partial charge is 0.303 e. The first-order valence-corrected chi connectivity index (χ1v) is 14.3. The number of aliphatic hydroxyl groups excluding tert-OH is 4. The predicted octanol–water partition coefficient (Wildman–Crippen LogP) is 2.10. The van der Waals surface area contributed by atoms with E-state index in [1.54, 1.807) is 0 Å². The van der Waals surface area contributed by atoms with Gasteiger partial charge in [0.15, 0.2) is 0 Å². The molecule has 0 aromatic carbocycles. The molecule has 4 aliphatic rings. The van der Waals surface area contributed by atoms with E-state index in [4.69, 9.17) is 4.74 Å². The summed E-state index contributed by atoms with van der Waals surface area (Å²) in [5.74, 6) is 0.605. The third kappa shape index (κ3) is 4.05. The largest absolute Gasteiger partial charge is 0.459 e. The lowest BCUT2D eigenvalue weighted by atomic mass is 9.42. The van der Waals surface area contributed by atoms with Crippen molar-refractivity contribution in [1.29, 1.82) is 0 Å². The molecule has 216 valence electrons. The topological polar surface area (TPSA) is 148 Å². The molecule has 0 saturated heterocycles. The molecule has 4 aliphatic carbocycles. The number of carbonyl (C=O) groups excluding carboxylic acids is 1. The lowest BCUT2D eigenvalue weighted by molar-refractivity contribution is -0.312. The fourth-order valence-electron chi connectivity index (χ4n) is 8.63. The molecule has 8 heteroatoms. The maximum atomic E-state index is 12.7. The number of hydrogen-bond donors (Lipinski definition) is 6. The van der Waals surface area contributed by atoms with Gasteiger partial charge in [0.25, 0.3) is 0 Å². The highest BCUT2D eigenvalue weighted by atomic mass is 16.6. The van der Waals surface area contributed by atoms with Crippen LogP contribution >= 0.6 is 0 Å². The summed E-state index contributed by atoms with van der Waals surface area (Å²) < 4.78 is 5.82. The van der Waals surface area contributed by atoms with Gasteiger partial charge in [0.2, 0.25) is 0 Å². The average molecular weight is 537 g/mol. The van der Waals surface area contributed by atoms with E-state index in [0.717, 1.165) is 12.8 Å². The van der Waals surface area contributed by atoms with Crippen LogP contribution in [0.4, 0.5) is 0 Å². The Morgan fingerprint density at radius 3 is 2.26 bits per heavy atom. The SMILES string of the molecule is CC(=O)O[C@@H]1C[C@]2(C)[C@@H]([C@H](C)/C=C\C(C)C(C)C)CC[C@H]2C2=C[C@@H](O)[C@@]3(O)C[C@@H](O)[C@H](O)C[C@]3(CO)[C@]21O. The Hall–Kier alpha value is -1.29. The molecule has 8 nitrogen and oxygen atoms in total. The zero-order valence-electron chi connectivity index (χ0n) is 23.7. The number of hydrogen-bond acceptors (Lipinski definition) is 8. The number of aliphatic hydroxyl groups is 6. The first kappa shape index (κ1) is 29.7. The zero-order chi connectivity index (χ0) is 28.4. The quantitative estimate of drug-likeness (QED) is 0.223. The molecule has 0 aromatic heterocycles.